The van der Waals surface area contributed by atoms with Crippen LogP contribution in [0.25, 0.3) is 22.8 Å². The van der Waals surface area contributed by atoms with Crippen LogP contribution >= 0.6 is 11.8 Å². The highest BCUT2D eigenvalue weighted by Crippen LogP contribution is 2.35. The summed E-state index contributed by atoms with van der Waals surface area (Å²) in [7, 11) is 0. The monoisotopic (exact) mass is 430 g/mol. The van der Waals surface area contributed by atoms with E-state index >= 15 is 0 Å². The normalized spacial score (nSPS) is 12.3. The molecule has 0 aliphatic heterocycles. The second-order valence-corrected chi connectivity index (χ2v) is 7.46. The predicted octanol–water partition coefficient (Wildman–Crippen LogP) is 4.16. The number of nitrogens with zero attached hydrogens (tertiary/aromatic N) is 5. The van der Waals surface area contributed by atoms with Gasteiger partial charge in [0.1, 0.15) is 5.75 Å². The zero-order valence-electron chi connectivity index (χ0n) is 15.6. The molecule has 0 spiro atoms. The van der Waals surface area contributed by atoms with Crippen LogP contribution in [0.15, 0.2) is 64.2 Å². The zero-order valence-corrected chi connectivity index (χ0v) is 16.5. The Labute approximate surface area is 174 Å². The molecule has 2 N–H and O–H groups in total. The van der Waals surface area contributed by atoms with Crippen molar-refractivity contribution in [3.63, 3.8) is 0 Å². The summed E-state index contributed by atoms with van der Waals surface area (Å²) < 4.78 is 36.0. The molecule has 0 fully saturated rings. The maximum Gasteiger partial charge on any atom is 0.387 e. The fourth-order valence-corrected chi connectivity index (χ4v) is 3.44. The van der Waals surface area contributed by atoms with Gasteiger partial charge in [-0.25, -0.2) is 4.68 Å². The van der Waals surface area contributed by atoms with Crippen molar-refractivity contribution in [2.75, 3.05) is 5.84 Å². The Morgan fingerprint density at radius 2 is 1.70 bits per heavy atom. The summed E-state index contributed by atoms with van der Waals surface area (Å²) in [6.45, 7) is -0.997. The maximum atomic E-state index is 12.3. The summed E-state index contributed by atoms with van der Waals surface area (Å²) in [6, 6.07) is 15.4. The maximum absolute atomic E-state index is 12.3. The van der Waals surface area contributed by atoms with E-state index in [2.05, 4.69) is 25.1 Å². The van der Waals surface area contributed by atoms with Crippen LogP contribution in [0.2, 0.25) is 0 Å². The average Bonchev–Trinajstić information content (AvgIpc) is 3.37. The molecule has 4 rings (SSSR count). The second kappa shape index (κ2) is 8.49. The Kier molecular flexibility index (Phi) is 5.61. The van der Waals surface area contributed by atoms with Crippen molar-refractivity contribution in [2.24, 2.45) is 0 Å². The number of hydrogen-bond acceptors (Lipinski definition) is 8. The van der Waals surface area contributed by atoms with E-state index in [9.17, 15) is 8.78 Å². The highest BCUT2D eigenvalue weighted by molar-refractivity contribution is 7.99. The quantitative estimate of drug-likeness (QED) is 0.344. The van der Waals surface area contributed by atoms with Crippen molar-refractivity contribution in [3.05, 3.63) is 60.5 Å². The van der Waals surface area contributed by atoms with E-state index in [4.69, 9.17) is 10.3 Å². The van der Waals surface area contributed by atoms with Gasteiger partial charge < -0.3 is 15.0 Å². The number of rotatable bonds is 7. The zero-order chi connectivity index (χ0) is 21.1. The molecule has 8 nitrogen and oxygen atoms in total. The number of alkyl halides is 2. The van der Waals surface area contributed by atoms with Crippen LogP contribution in [0, 0.1) is 0 Å². The summed E-state index contributed by atoms with van der Waals surface area (Å²) in [5.41, 5.74) is 1.44. The third kappa shape index (κ3) is 4.25. The van der Waals surface area contributed by atoms with Gasteiger partial charge in [-0.05, 0) is 43.3 Å². The predicted molar refractivity (Wildman–Crippen MR) is 106 cm³/mol. The number of ether oxygens (including phenoxy) is 1. The van der Waals surface area contributed by atoms with Gasteiger partial charge in [0, 0.05) is 11.1 Å². The Bertz CT molecular complexity index is 1120. The minimum atomic E-state index is -2.88. The van der Waals surface area contributed by atoms with Crippen molar-refractivity contribution in [1.82, 2.24) is 25.1 Å². The molecule has 0 saturated heterocycles. The topological polar surface area (TPSA) is 105 Å². The third-order valence-electron chi connectivity index (χ3n) is 4.09. The van der Waals surface area contributed by atoms with Crippen molar-refractivity contribution in [2.45, 2.75) is 23.9 Å². The molecule has 0 aliphatic rings. The summed E-state index contributed by atoms with van der Waals surface area (Å²) in [6.07, 6.45) is 0. The largest absolute Gasteiger partial charge is 0.435 e. The van der Waals surface area contributed by atoms with E-state index in [1.807, 2.05) is 37.3 Å². The first-order valence-electron chi connectivity index (χ1n) is 8.82. The lowest BCUT2D eigenvalue weighted by molar-refractivity contribution is -0.0498. The van der Waals surface area contributed by atoms with Crippen LogP contribution < -0.4 is 10.6 Å². The van der Waals surface area contributed by atoms with Crippen molar-refractivity contribution in [1.29, 1.82) is 0 Å². The lowest BCUT2D eigenvalue weighted by atomic mass is 10.2. The minimum absolute atomic E-state index is 0.0469. The lowest BCUT2D eigenvalue weighted by Gasteiger charge is -2.07. The van der Waals surface area contributed by atoms with E-state index in [0.29, 0.717) is 28.3 Å². The van der Waals surface area contributed by atoms with E-state index in [1.165, 1.54) is 28.6 Å². The number of thioether (sulfide) groups is 1. The fourth-order valence-electron chi connectivity index (χ4n) is 2.64. The molecule has 2 aromatic carbocycles. The third-order valence-corrected chi connectivity index (χ3v) is 5.14. The van der Waals surface area contributed by atoms with Crippen molar-refractivity contribution < 1.29 is 17.9 Å². The Morgan fingerprint density at radius 1 is 0.967 bits per heavy atom. The van der Waals surface area contributed by atoms with Crippen molar-refractivity contribution in [3.8, 4) is 28.6 Å². The molecule has 0 radical (unpaired) electrons. The molecular weight excluding hydrogens is 414 g/mol. The Hall–Kier alpha value is -3.47. The molecule has 30 heavy (non-hydrogen) atoms. The lowest BCUT2D eigenvalue weighted by Crippen LogP contribution is -2.12. The van der Waals surface area contributed by atoms with Crippen LogP contribution in [-0.2, 0) is 0 Å². The van der Waals surface area contributed by atoms with Crippen LogP contribution in [0.1, 0.15) is 18.1 Å². The van der Waals surface area contributed by atoms with Crippen molar-refractivity contribution >= 4 is 11.8 Å². The Balaban J connectivity index is 1.48. The molecule has 2 heterocycles. The minimum Gasteiger partial charge on any atom is -0.435 e. The van der Waals surface area contributed by atoms with E-state index in [-0.39, 0.29) is 11.0 Å². The van der Waals surface area contributed by atoms with Gasteiger partial charge in [0.05, 0.1) is 5.25 Å². The SMILES string of the molecule is CC(Sc1nnc(-c2ccc(OC(F)F)cc2)n1N)c1nnc(-c2ccccc2)o1. The first-order valence-corrected chi connectivity index (χ1v) is 9.70. The van der Waals surface area contributed by atoms with E-state index < -0.39 is 6.61 Å². The van der Waals surface area contributed by atoms with Gasteiger partial charge in [-0.1, -0.05) is 30.0 Å². The van der Waals surface area contributed by atoms with Gasteiger partial charge in [-0.15, -0.1) is 20.4 Å². The number of halogens is 2. The summed E-state index contributed by atoms with van der Waals surface area (Å²) in [5.74, 6) is 7.41. The first-order chi connectivity index (χ1) is 14.5. The summed E-state index contributed by atoms with van der Waals surface area (Å²) in [5, 5.41) is 16.6. The van der Waals surface area contributed by atoms with Gasteiger partial charge in [-0.2, -0.15) is 8.78 Å². The summed E-state index contributed by atoms with van der Waals surface area (Å²) >= 11 is 1.30. The molecule has 11 heteroatoms. The standard InChI is InChI=1S/C19H16F2N6O2S/c1-11(16-24-25-17(29-16)13-5-3-2-4-6-13)30-19-26-23-15(27(19)22)12-7-9-14(10-8-12)28-18(20)21/h2-11,18H,22H2,1H3. The fraction of sp³-hybridized carbons (Fsp3) is 0.158. The molecule has 0 bridgehead atoms. The molecular formula is C19H16F2N6O2S. The smallest absolute Gasteiger partial charge is 0.387 e. The molecule has 154 valence electrons. The highest BCUT2D eigenvalue weighted by Gasteiger charge is 2.21. The van der Waals surface area contributed by atoms with E-state index in [1.54, 1.807) is 12.1 Å². The Morgan fingerprint density at radius 3 is 2.40 bits per heavy atom. The number of hydrogen-bond donors (Lipinski definition) is 1. The highest BCUT2D eigenvalue weighted by atomic mass is 32.2. The molecule has 0 saturated carbocycles. The molecule has 0 aliphatic carbocycles. The number of aromatic nitrogens is 5. The first kappa shape index (κ1) is 19.8. The second-order valence-electron chi connectivity index (χ2n) is 6.15. The van der Waals surface area contributed by atoms with Gasteiger partial charge in [0.2, 0.25) is 16.9 Å². The molecule has 0 amide bonds. The van der Waals surface area contributed by atoms with Gasteiger partial charge in [0.25, 0.3) is 0 Å². The van der Waals surface area contributed by atoms with Crippen LogP contribution in [0.4, 0.5) is 8.78 Å². The van der Waals surface area contributed by atoms with Crippen LogP contribution in [0.3, 0.4) is 0 Å². The molecule has 1 atom stereocenters. The van der Waals surface area contributed by atoms with Gasteiger partial charge >= 0.3 is 6.61 Å². The van der Waals surface area contributed by atoms with Gasteiger partial charge in [0.15, 0.2) is 5.82 Å². The average molecular weight is 430 g/mol. The number of benzene rings is 2. The number of nitrogen functional groups attached to an aromatic ring is 1. The van der Waals surface area contributed by atoms with E-state index in [0.717, 1.165) is 5.56 Å². The van der Waals surface area contributed by atoms with Gasteiger partial charge in [-0.3, -0.25) is 0 Å². The molecule has 4 aromatic rings. The van der Waals surface area contributed by atoms with Crippen LogP contribution in [-0.4, -0.2) is 31.7 Å². The molecule has 1 unspecified atom stereocenters. The molecule has 2 aromatic heterocycles. The summed E-state index contributed by atoms with van der Waals surface area (Å²) in [4.78, 5) is 0. The van der Waals surface area contributed by atoms with Crippen LogP contribution in [0.5, 0.6) is 5.75 Å². The number of nitrogens with two attached hydrogens (primary N) is 1.